The highest BCUT2D eigenvalue weighted by molar-refractivity contribution is 5.92. The first-order valence-corrected chi connectivity index (χ1v) is 5.85. The van der Waals surface area contributed by atoms with Gasteiger partial charge in [0.1, 0.15) is 5.69 Å². The van der Waals surface area contributed by atoms with Crippen LogP contribution in [0.2, 0.25) is 0 Å². The van der Waals surface area contributed by atoms with Crippen molar-refractivity contribution in [3.8, 4) is 0 Å². The maximum Gasteiger partial charge on any atom is 0.352 e. The highest BCUT2D eigenvalue weighted by Gasteiger charge is 2.16. The summed E-state index contributed by atoms with van der Waals surface area (Å²) in [4.78, 5) is 26.4. The number of H-pyrrole nitrogens is 1. The molecule has 0 aliphatic rings. The van der Waals surface area contributed by atoms with Crippen molar-refractivity contribution in [2.75, 3.05) is 0 Å². The van der Waals surface area contributed by atoms with E-state index in [1.54, 1.807) is 13.0 Å². The van der Waals surface area contributed by atoms with Gasteiger partial charge < -0.3 is 10.1 Å². The van der Waals surface area contributed by atoms with Crippen molar-refractivity contribution in [1.29, 1.82) is 0 Å². The van der Waals surface area contributed by atoms with Crippen LogP contribution in [0.3, 0.4) is 0 Å². The van der Waals surface area contributed by atoms with Crippen molar-refractivity contribution in [2.24, 2.45) is 0 Å². The van der Waals surface area contributed by atoms with Crippen molar-refractivity contribution in [2.45, 2.75) is 27.2 Å². The smallest absolute Gasteiger partial charge is 0.352 e. The molecule has 0 aliphatic heterocycles. The highest BCUT2D eigenvalue weighted by Crippen LogP contribution is 2.18. The molecule has 18 heavy (non-hydrogen) atoms. The lowest BCUT2D eigenvalue weighted by molar-refractivity contribution is 0.0689. The minimum absolute atomic E-state index is 0.00181. The van der Waals surface area contributed by atoms with E-state index in [1.807, 2.05) is 19.9 Å². The lowest BCUT2D eigenvalue weighted by Crippen LogP contribution is -2.18. The highest BCUT2D eigenvalue weighted by atomic mass is 16.4. The molecule has 94 valence electrons. The van der Waals surface area contributed by atoms with Gasteiger partial charge in [0.25, 0.3) is 0 Å². The van der Waals surface area contributed by atoms with Crippen LogP contribution in [-0.4, -0.2) is 16.1 Å². The Kier molecular flexibility index (Phi) is 2.95. The number of fused-ring (bicyclic) bond motifs is 1. The summed E-state index contributed by atoms with van der Waals surface area (Å²) >= 11 is 0. The average molecular weight is 245 g/mol. The zero-order valence-electron chi connectivity index (χ0n) is 10.6. The first-order valence-electron chi connectivity index (χ1n) is 5.85. The van der Waals surface area contributed by atoms with E-state index in [1.165, 1.54) is 0 Å². The lowest BCUT2D eigenvalue weighted by Gasteiger charge is -2.09. The summed E-state index contributed by atoms with van der Waals surface area (Å²) in [6, 6.07) is 3.72. The number of pyridine rings is 1. The van der Waals surface area contributed by atoms with E-state index in [2.05, 4.69) is 4.98 Å². The number of aromatic amines is 1. The number of nitrogens with one attached hydrogen (secondary N) is 1. The standard InChI is InChI=1S/C14H15NO3/c1-4-9-12(14(17)18)15-11-8(3)5-7(2)6-10(11)13(9)16/h5-6H,4H2,1-3H3,(H,15,16)(H,17,18). The molecule has 0 unspecified atom stereocenters. The Morgan fingerprint density at radius 2 is 2.00 bits per heavy atom. The van der Waals surface area contributed by atoms with Gasteiger partial charge in [-0.1, -0.05) is 13.0 Å². The topological polar surface area (TPSA) is 70.2 Å². The number of aryl methyl sites for hydroxylation is 2. The van der Waals surface area contributed by atoms with Crippen LogP contribution in [-0.2, 0) is 6.42 Å². The van der Waals surface area contributed by atoms with Crippen molar-refractivity contribution < 1.29 is 9.90 Å². The Hall–Kier alpha value is -2.10. The molecule has 4 nitrogen and oxygen atoms in total. The van der Waals surface area contributed by atoms with E-state index in [-0.39, 0.29) is 11.1 Å². The third-order valence-corrected chi connectivity index (χ3v) is 3.12. The minimum atomic E-state index is -1.09. The molecule has 1 heterocycles. The summed E-state index contributed by atoms with van der Waals surface area (Å²) in [5.74, 6) is -1.09. The van der Waals surface area contributed by atoms with Crippen LogP contribution in [0.4, 0.5) is 0 Å². The predicted octanol–water partition coefficient (Wildman–Crippen LogP) is 2.41. The second kappa shape index (κ2) is 4.29. The summed E-state index contributed by atoms with van der Waals surface area (Å²) < 4.78 is 0. The molecule has 1 aromatic heterocycles. The zero-order chi connectivity index (χ0) is 13.4. The SMILES string of the molecule is CCc1c(C(=O)O)[nH]c2c(C)cc(C)cc2c1=O. The number of hydrogen-bond acceptors (Lipinski definition) is 2. The second-order valence-electron chi connectivity index (χ2n) is 4.47. The number of carbonyl (C=O) groups is 1. The van der Waals surface area contributed by atoms with Crippen LogP contribution in [0.15, 0.2) is 16.9 Å². The molecule has 0 amide bonds. The Bertz CT molecular complexity index is 698. The number of benzene rings is 1. The molecule has 0 fully saturated rings. The molecular formula is C14H15NO3. The van der Waals surface area contributed by atoms with Gasteiger partial charge in [0.2, 0.25) is 0 Å². The van der Waals surface area contributed by atoms with E-state index < -0.39 is 5.97 Å². The maximum absolute atomic E-state index is 12.3. The number of rotatable bonds is 2. The summed E-state index contributed by atoms with van der Waals surface area (Å²) in [5.41, 5.74) is 2.64. The summed E-state index contributed by atoms with van der Waals surface area (Å²) in [5, 5.41) is 9.72. The van der Waals surface area contributed by atoms with E-state index in [0.717, 1.165) is 11.1 Å². The van der Waals surface area contributed by atoms with Crippen molar-refractivity contribution in [3.05, 3.63) is 44.7 Å². The van der Waals surface area contributed by atoms with Crippen LogP contribution >= 0.6 is 0 Å². The molecule has 2 rings (SSSR count). The van der Waals surface area contributed by atoms with E-state index >= 15 is 0 Å². The number of aromatic carboxylic acids is 1. The van der Waals surface area contributed by atoms with Gasteiger partial charge >= 0.3 is 5.97 Å². The summed E-state index contributed by atoms with van der Waals surface area (Å²) in [7, 11) is 0. The average Bonchev–Trinajstić information content (AvgIpc) is 2.29. The van der Waals surface area contributed by atoms with E-state index in [4.69, 9.17) is 5.11 Å². The van der Waals surface area contributed by atoms with Gasteiger partial charge in [-0.2, -0.15) is 0 Å². The minimum Gasteiger partial charge on any atom is -0.477 e. The van der Waals surface area contributed by atoms with Crippen LogP contribution in [0.1, 0.15) is 34.1 Å². The van der Waals surface area contributed by atoms with Crippen LogP contribution < -0.4 is 5.43 Å². The van der Waals surface area contributed by atoms with E-state index in [0.29, 0.717) is 22.9 Å². The van der Waals surface area contributed by atoms with Crippen molar-refractivity contribution >= 4 is 16.9 Å². The van der Waals surface area contributed by atoms with Crippen LogP contribution in [0.5, 0.6) is 0 Å². The van der Waals surface area contributed by atoms with Crippen molar-refractivity contribution in [1.82, 2.24) is 4.98 Å². The predicted molar refractivity (Wildman–Crippen MR) is 70.4 cm³/mol. The van der Waals surface area contributed by atoms with Crippen LogP contribution in [0, 0.1) is 13.8 Å². The van der Waals surface area contributed by atoms with Gasteiger partial charge in [-0.05, 0) is 37.5 Å². The van der Waals surface area contributed by atoms with Gasteiger partial charge in [-0.3, -0.25) is 4.79 Å². The normalized spacial score (nSPS) is 10.8. The van der Waals surface area contributed by atoms with Gasteiger partial charge in [-0.25, -0.2) is 4.79 Å². The first kappa shape index (κ1) is 12.4. The molecule has 0 aliphatic carbocycles. The summed E-state index contributed by atoms with van der Waals surface area (Å²) in [6.45, 7) is 5.57. The summed E-state index contributed by atoms with van der Waals surface area (Å²) in [6.07, 6.45) is 0.403. The van der Waals surface area contributed by atoms with Gasteiger partial charge in [0.15, 0.2) is 5.43 Å². The molecule has 4 heteroatoms. The monoisotopic (exact) mass is 245 g/mol. The third kappa shape index (κ3) is 1.79. The molecular weight excluding hydrogens is 230 g/mol. The number of carboxylic acids is 1. The first-order chi connectivity index (χ1) is 8.45. The lowest BCUT2D eigenvalue weighted by atomic mass is 10.0. The molecule has 0 bridgehead atoms. The third-order valence-electron chi connectivity index (χ3n) is 3.12. The van der Waals surface area contributed by atoms with Gasteiger partial charge in [0, 0.05) is 10.9 Å². The Balaban J connectivity index is 3.00. The Morgan fingerprint density at radius 3 is 2.56 bits per heavy atom. The molecule has 0 spiro atoms. The molecule has 1 aromatic carbocycles. The quantitative estimate of drug-likeness (QED) is 0.853. The number of aromatic nitrogens is 1. The Labute approximate surface area is 104 Å². The fraction of sp³-hybridized carbons (Fsp3) is 0.286. The Morgan fingerprint density at radius 1 is 1.33 bits per heavy atom. The zero-order valence-corrected chi connectivity index (χ0v) is 10.6. The van der Waals surface area contributed by atoms with Crippen LogP contribution in [0.25, 0.3) is 10.9 Å². The molecule has 0 saturated heterocycles. The molecule has 2 N–H and O–H groups in total. The van der Waals surface area contributed by atoms with Crippen molar-refractivity contribution in [3.63, 3.8) is 0 Å². The molecule has 2 aromatic rings. The fourth-order valence-corrected chi connectivity index (χ4v) is 2.31. The van der Waals surface area contributed by atoms with Gasteiger partial charge in [0.05, 0.1) is 5.52 Å². The number of hydrogen-bond donors (Lipinski definition) is 2. The molecule has 0 atom stereocenters. The van der Waals surface area contributed by atoms with E-state index in [9.17, 15) is 9.59 Å². The number of carboxylic acid groups (broad SMARTS) is 1. The molecule has 0 radical (unpaired) electrons. The maximum atomic E-state index is 12.3. The van der Waals surface area contributed by atoms with Gasteiger partial charge in [-0.15, -0.1) is 0 Å². The largest absolute Gasteiger partial charge is 0.477 e. The second-order valence-corrected chi connectivity index (χ2v) is 4.47. The molecule has 0 saturated carbocycles. The fourth-order valence-electron chi connectivity index (χ4n) is 2.31.